The van der Waals surface area contributed by atoms with Crippen molar-refractivity contribution in [1.82, 2.24) is 5.32 Å². The molecular formula is C13H18BN3O2. The van der Waals surface area contributed by atoms with Gasteiger partial charge in [-0.05, 0) is 24.5 Å². The van der Waals surface area contributed by atoms with Gasteiger partial charge < -0.3 is 16.8 Å². The maximum absolute atomic E-state index is 11.4. The van der Waals surface area contributed by atoms with Crippen LogP contribution in [0.15, 0.2) is 48.6 Å². The first-order valence-corrected chi connectivity index (χ1v) is 5.65. The van der Waals surface area contributed by atoms with Crippen LogP contribution >= 0.6 is 0 Å². The maximum Gasteiger partial charge on any atom is 0.248 e. The molecule has 0 saturated carbocycles. The van der Waals surface area contributed by atoms with Crippen LogP contribution in [0, 0.1) is 0 Å². The van der Waals surface area contributed by atoms with Crippen molar-refractivity contribution in [3.8, 4) is 0 Å². The van der Waals surface area contributed by atoms with Gasteiger partial charge in [-0.1, -0.05) is 31.4 Å². The van der Waals surface area contributed by atoms with E-state index in [0.717, 1.165) is 0 Å². The van der Waals surface area contributed by atoms with E-state index >= 15 is 0 Å². The van der Waals surface area contributed by atoms with E-state index in [-0.39, 0.29) is 24.3 Å². The topological polar surface area (TPSA) is 98.2 Å². The van der Waals surface area contributed by atoms with Gasteiger partial charge in [0, 0.05) is 5.57 Å². The van der Waals surface area contributed by atoms with E-state index in [2.05, 4.69) is 18.5 Å². The third kappa shape index (κ3) is 6.42. The number of amides is 2. The third-order valence-electron chi connectivity index (χ3n) is 2.31. The van der Waals surface area contributed by atoms with Crippen molar-refractivity contribution in [3.05, 3.63) is 48.6 Å². The van der Waals surface area contributed by atoms with E-state index in [1.165, 1.54) is 12.2 Å². The lowest BCUT2D eigenvalue weighted by atomic mass is 10.0. The van der Waals surface area contributed by atoms with E-state index < -0.39 is 11.9 Å². The summed E-state index contributed by atoms with van der Waals surface area (Å²) in [4.78, 5) is 22.4. The minimum Gasteiger partial charge on any atom is -0.366 e. The highest BCUT2D eigenvalue weighted by Crippen LogP contribution is 2.07. The highest BCUT2D eigenvalue weighted by Gasteiger charge is 2.12. The first kappa shape index (κ1) is 16.9. The first-order valence-electron chi connectivity index (χ1n) is 5.65. The molecule has 1 atom stereocenters. The smallest absolute Gasteiger partial charge is 0.248 e. The normalized spacial score (nSPS) is 13.5. The Morgan fingerprint density at radius 2 is 1.89 bits per heavy atom. The molecule has 0 rings (SSSR count). The average molecular weight is 259 g/mol. The van der Waals surface area contributed by atoms with Crippen LogP contribution in [-0.4, -0.2) is 32.1 Å². The minimum atomic E-state index is -0.734. The number of primary amides is 1. The zero-order valence-electron chi connectivity index (χ0n) is 10.8. The van der Waals surface area contributed by atoms with Gasteiger partial charge in [-0.25, -0.2) is 0 Å². The van der Waals surface area contributed by atoms with Gasteiger partial charge in [-0.3, -0.25) is 9.59 Å². The van der Waals surface area contributed by atoms with E-state index in [1.807, 2.05) is 0 Å². The van der Waals surface area contributed by atoms with Gasteiger partial charge in [-0.15, -0.1) is 0 Å². The van der Waals surface area contributed by atoms with Crippen molar-refractivity contribution < 1.29 is 9.59 Å². The molecule has 0 aromatic heterocycles. The number of rotatable bonds is 8. The van der Waals surface area contributed by atoms with Gasteiger partial charge in [0.25, 0.3) is 0 Å². The van der Waals surface area contributed by atoms with Gasteiger partial charge in [0.15, 0.2) is 0 Å². The zero-order chi connectivity index (χ0) is 14.8. The Morgan fingerprint density at radius 1 is 1.26 bits per heavy atom. The Hall–Kier alpha value is -2.08. The standard InChI is InChI=1S/C13H18BN3O2/c1-3-9(5-6-10(4-2)12(16)18)7-11(15)13(19)17-8-14/h3-6,11H,1-2,7-8,15H2,(H2,16,18)(H,17,19)/b9-5+,10-6+. The second-order valence-corrected chi connectivity index (χ2v) is 3.69. The van der Waals surface area contributed by atoms with Gasteiger partial charge in [-0.2, -0.15) is 0 Å². The summed E-state index contributed by atoms with van der Waals surface area (Å²) in [6.07, 6.45) is 6.32. The van der Waals surface area contributed by atoms with Crippen molar-refractivity contribution in [1.29, 1.82) is 0 Å². The zero-order valence-corrected chi connectivity index (χ0v) is 10.8. The monoisotopic (exact) mass is 259 g/mol. The fourth-order valence-corrected chi connectivity index (χ4v) is 1.25. The second kappa shape index (κ2) is 8.94. The summed E-state index contributed by atoms with van der Waals surface area (Å²) in [6.45, 7) is 7.09. The number of hydrogen-bond acceptors (Lipinski definition) is 3. The van der Waals surface area contributed by atoms with Crippen LogP contribution < -0.4 is 16.8 Å². The van der Waals surface area contributed by atoms with Gasteiger partial charge in [0.1, 0.15) is 0 Å². The molecule has 0 saturated heterocycles. The molecule has 0 spiro atoms. The lowest BCUT2D eigenvalue weighted by molar-refractivity contribution is -0.122. The number of nitrogens with one attached hydrogen (secondary N) is 1. The summed E-state index contributed by atoms with van der Waals surface area (Å²) in [7, 11) is 5.19. The van der Waals surface area contributed by atoms with E-state index in [4.69, 9.17) is 19.3 Å². The number of carbonyl (C=O) groups is 2. The Bertz CT molecular complexity index is 428. The molecule has 5 nitrogen and oxygen atoms in total. The number of carbonyl (C=O) groups excluding carboxylic acids is 2. The van der Waals surface area contributed by atoms with Crippen molar-refractivity contribution in [3.63, 3.8) is 0 Å². The van der Waals surface area contributed by atoms with Crippen LogP contribution in [0.25, 0.3) is 0 Å². The molecule has 19 heavy (non-hydrogen) atoms. The fourth-order valence-electron chi connectivity index (χ4n) is 1.25. The molecule has 5 N–H and O–H groups in total. The van der Waals surface area contributed by atoms with Crippen LogP contribution in [0.1, 0.15) is 6.42 Å². The second-order valence-electron chi connectivity index (χ2n) is 3.69. The predicted molar refractivity (Wildman–Crippen MR) is 77.1 cm³/mol. The Morgan fingerprint density at radius 3 is 2.32 bits per heavy atom. The lowest BCUT2D eigenvalue weighted by Crippen LogP contribution is -2.41. The quantitative estimate of drug-likeness (QED) is 0.316. The number of hydrogen-bond donors (Lipinski definition) is 3. The molecule has 0 heterocycles. The summed E-state index contributed by atoms with van der Waals surface area (Å²) in [5.74, 6) is -0.932. The maximum atomic E-state index is 11.4. The lowest BCUT2D eigenvalue weighted by Gasteiger charge is -2.11. The van der Waals surface area contributed by atoms with Gasteiger partial charge in [0.05, 0.1) is 13.9 Å². The van der Waals surface area contributed by atoms with Crippen LogP contribution in [0.2, 0.25) is 0 Å². The minimum absolute atomic E-state index is 0.0296. The SMILES string of the molecule is [B]CNC(=O)C(N)C/C(C=C)=C/C=C(\C=C)C(N)=O. The molecule has 6 heteroatoms. The van der Waals surface area contributed by atoms with Crippen molar-refractivity contribution in [2.75, 3.05) is 6.44 Å². The first-order chi connectivity index (χ1) is 8.96. The molecule has 0 bridgehead atoms. The molecule has 100 valence electrons. The Balaban J connectivity index is 4.84. The van der Waals surface area contributed by atoms with E-state index in [1.54, 1.807) is 12.2 Å². The van der Waals surface area contributed by atoms with Crippen molar-refractivity contribution in [2.45, 2.75) is 12.5 Å². The Labute approximate surface area is 114 Å². The van der Waals surface area contributed by atoms with Crippen LogP contribution in [-0.2, 0) is 9.59 Å². The van der Waals surface area contributed by atoms with Crippen molar-refractivity contribution >= 4 is 19.7 Å². The predicted octanol–water partition coefficient (Wildman–Crippen LogP) is -0.344. The molecule has 0 aromatic rings. The molecule has 2 radical (unpaired) electrons. The van der Waals surface area contributed by atoms with E-state index in [0.29, 0.717) is 5.57 Å². The number of allylic oxidation sites excluding steroid dienone is 3. The summed E-state index contributed by atoms with van der Waals surface area (Å²) < 4.78 is 0. The molecule has 0 aromatic carbocycles. The molecule has 1 unspecified atom stereocenters. The van der Waals surface area contributed by atoms with Crippen molar-refractivity contribution in [2.24, 2.45) is 11.5 Å². The van der Waals surface area contributed by atoms with Gasteiger partial charge in [0.2, 0.25) is 11.8 Å². The molecule has 0 aliphatic rings. The highest BCUT2D eigenvalue weighted by molar-refractivity contribution is 6.10. The largest absolute Gasteiger partial charge is 0.366 e. The fraction of sp³-hybridized carbons (Fsp3) is 0.231. The Kier molecular flexibility index (Phi) is 7.96. The summed E-state index contributed by atoms with van der Waals surface area (Å²) >= 11 is 0. The number of nitrogens with two attached hydrogens (primary N) is 2. The summed E-state index contributed by atoms with van der Waals surface area (Å²) in [6, 6.07) is -0.734. The average Bonchev–Trinajstić information content (AvgIpc) is 2.37. The molecule has 0 aliphatic carbocycles. The third-order valence-corrected chi connectivity index (χ3v) is 2.31. The van der Waals surface area contributed by atoms with Crippen LogP contribution in [0.3, 0.4) is 0 Å². The van der Waals surface area contributed by atoms with E-state index in [9.17, 15) is 9.59 Å². The highest BCUT2D eigenvalue weighted by atomic mass is 16.2. The van der Waals surface area contributed by atoms with Gasteiger partial charge >= 0.3 is 0 Å². The van der Waals surface area contributed by atoms with Crippen LogP contribution in [0.4, 0.5) is 0 Å². The molecule has 0 aliphatic heterocycles. The molecule has 0 fully saturated rings. The molecule has 2 amide bonds. The van der Waals surface area contributed by atoms with Crippen LogP contribution in [0.5, 0.6) is 0 Å². The summed E-state index contributed by atoms with van der Waals surface area (Å²) in [5.41, 5.74) is 11.8. The summed E-state index contributed by atoms with van der Waals surface area (Å²) in [5, 5.41) is 2.42. The molecular weight excluding hydrogens is 241 g/mol.